The highest BCUT2D eigenvalue weighted by Crippen LogP contribution is 2.32. The van der Waals surface area contributed by atoms with Gasteiger partial charge in [0.05, 0.1) is 13.2 Å². The molecule has 1 aliphatic rings. The molecule has 0 radical (unpaired) electrons. The van der Waals surface area contributed by atoms with Crippen molar-refractivity contribution in [1.82, 2.24) is 9.97 Å². The number of alkyl halides is 3. The summed E-state index contributed by atoms with van der Waals surface area (Å²) in [6.07, 6.45) is -3.38. The zero-order valence-corrected chi connectivity index (χ0v) is 11.8. The van der Waals surface area contributed by atoms with Gasteiger partial charge < -0.3 is 14.1 Å². The monoisotopic (exact) mass is 313 g/mol. The molecule has 1 atom stereocenters. The van der Waals surface area contributed by atoms with Crippen LogP contribution in [-0.4, -0.2) is 29.7 Å². The lowest BCUT2D eigenvalue weighted by Gasteiger charge is -2.34. The van der Waals surface area contributed by atoms with Crippen LogP contribution in [0.25, 0.3) is 0 Å². The van der Waals surface area contributed by atoms with E-state index in [1.165, 1.54) is 0 Å². The molecule has 0 N–H and O–H groups in total. The van der Waals surface area contributed by atoms with Gasteiger partial charge in [0.2, 0.25) is 5.95 Å². The maximum atomic E-state index is 12.8. The summed E-state index contributed by atoms with van der Waals surface area (Å²) in [5.41, 5.74) is -0.960. The van der Waals surface area contributed by atoms with Crippen molar-refractivity contribution in [3.05, 3.63) is 41.6 Å². The lowest BCUT2D eigenvalue weighted by Crippen LogP contribution is -2.40. The van der Waals surface area contributed by atoms with E-state index in [9.17, 15) is 13.2 Å². The molecule has 1 fully saturated rings. The molecule has 22 heavy (non-hydrogen) atoms. The third kappa shape index (κ3) is 2.92. The minimum Gasteiger partial charge on any atom is -0.464 e. The second kappa shape index (κ2) is 5.60. The number of furan rings is 1. The van der Waals surface area contributed by atoms with Crippen molar-refractivity contribution in [3.8, 4) is 0 Å². The van der Waals surface area contributed by atoms with E-state index in [-0.39, 0.29) is 12.0 Å². The Bertz CT molecular complexity index is 657. The summed E-state index contributed by atoms with van der Waals surface area (Å²) >= 11 is 0. The van der Waals surface area contributed by atoms with E-state index in [4.69, 9.17) is 9.15 Å². The molecule has 0 aliphatic carbocycles. The minimum absolute atomic E-state index is 0.0252. The number of rotatable bonds is 2. The summed E-state index contributed by atoms with van der Waals surface area (Å²) in [4.78, 5) is 9.30. The quantitative estimate of drug-likeness (QED) is 0.853. The van der Waals surface area contributed by atoms with Gasteiger partial charge in [-0.3, -0.25) is 0 Å². The van der Waals surface area contributed by atoms with Crippen molar-refractivity contribution < 1.29 is 22.3 Å². The lowest BCUT2D eigenvalue weighted by molar-refractivity contribution is -0.141. The van der Waals surface area contributed by atoms with E-state index in [0.717, 1.165) is 18.0 Å². The van der Waals surface area contributed by atoms with Crippen molar-refractivity contribution in [2.24, 2.45) is 0 Å². The highest BCUT2D eigenvalue weighted by molar-refractivity contribution is 5.36. The van der Waals surface area contributed by atoms with Crippen LogP contribution in [-0.2, 0) is 10.9 Å². The Morgan fingerprint density at radius 2 is 2.09 bits per heavy atom. The Morgan fingerprint density at radius 3 is 2.77 bits per heavy atom. The Morgan fingerprint density at radius 1 is 1.27 bits per heavy atom. The third-order valence-electron chi connectivity index (χ3n) is 3.41. The number of morpholine rings is 1. The molecular formula is C14H14F3N3O2. The van der Waals surface area contributed by atoms with Gasteiger partial charge in [0, 0.05) is 12.7 Å². The Labute approximate surface area is 124 Å². The molecule has 0 unspecified atom stereocenters. The summed E-state index contributed by atoms with van der Waals surface area (Å²) in [7, 11) is 0. The fraction of sp³-hybridized carbons (Fsp3) is 0.429. The standard InChI is InChI=1S/C14H14F3N3O2/c1-9-2-3-11(22-9)10-8-21-7-6-20(10)13-18-5-4-12(19-13)14(15,16)17/h2-5,10H,6-8H2,1H3/t10-/m0/s1. The second-order valence-electron chi connectivity index (χ2n) is 4.97. The van der Waals surface area contributed by atoms with Crippen LogP contribution in [0.15, 0.2) is 28.8 Å². The predicted octanol–water partition coefficient (Wildman–Crippen LogP) is 2.97. The predicted molar refractivity (Wildman–Crippen MR) is 71.4 cm³/mol. The number of aromatic nitrogens is 2. The van der Waals surface area contributed by atoms with E-state index in [0.29, 0.717) is 25.5 Å². The van der Waals surface area contributed by atoms with Gasteiger partial charge in [0.25, 0.3) is 0 Å². The molecule has 2 aromatic rings. The number of hydrogen-bond acceptors (Lipinski definition) is 5. The minimum atomic E-state index is -4.50. The maximum absolute atomic E-state index is 12.8. The van der Waals surface area contributed by atoms with Crippen LogP contribution in [0.1, 0.15) is 23.3 Å². The summed E-state index contributed by atoms with van der Waals surface area (Å²) < 4.78 is 49.4. The molecule has 0 spiro atoms. The van der Waals surface area contributed by atoms with Crippen LogP contribution in [0.5, 0.6) is 0 Å². The molecule has 0 amide bonds. The zero-order chi connectivity index (χ0) is 15.7. The molecule has 1 aliphatic heterocycles. The SMILES string of the molecule is Cc1ccc([C@@H]2COCCN2c2nccc(C(F)(F)F)n2)o1. The van der Waals surface area contributed by atoms with E-state index >= 15 is 0 Å². The fourth-order valence-electron chi connectivity index (χ4n) is 2.36. The summed E-state index contributed by atoms with van der Waals surface area (Å²) in [5.74, 6) is 1.38. The molecule has 3 heterocycles. The molecule has 0 bridgehead atoms. The first kappa shape index (κ1) is 14.8. The van der Waals surface area contributed by atoms with Gasteiger partial charge in [-0.1, -0.05) is 0 Å². The average molecular weight is 313 g/mol. The van der Waals surface area contributed by atoms with E-state index in [1.54, 1.807) is 24.0 Å². The van der Waals surface area contributed by atoms with Gasteiger partial charge in [-0.25, -0.2) is 9.97 Å². The smallest absolute Gasteiger partial charge is 0.433 e. The lowest BCUT2D eigenvalue weighted by atomic mass is 10.2. The van der Waals surface area contributed by atoms with Gasteiger partial charge in [0.1, 0.15) is 23.3 Å². The molecular weight excluding hydrogens is 299 g/mol. The number of anilines is 1. The van der Waals surface area contributed by atoms with Gasteiger partial charge in [-0.05, 0) is 25.1 Å². The molecule has 8 heteroatoms. The molecule has 118 valence electrons. The molecule has 5 nitrogen and oxygen atoms in total. The number of hydrogen-bond donors (Lipinski definition) is 0. The van der Waals surface area contributed by atoms with Crippen molar-refractivity contribution in [2.45, 2.75) is 19.1 Å². The Hall–Kier alpha value is -2.09. The highest BCUT2D eigenvalue weighted by atomic mass is 19.4. The van der Waals surface area contributed by atoms with Crippen LogP contribution in [0, 0.1) is 6.92 Å². The largest absolute Gasteiger partial charge is 0.464 e. The van der Waals surface area contributed by atoms with Crippen LogP contribution < -0.4 is 4.90 Å². The molecule has 0 saturated carbocycles. The van der Waals surface area contributed by atoms with Crippen molar-refractivity contribution in [1.29, 1.82) is 0 Å². The van der Waals surface area contributed by atoms with Crippen molar-refractivity contribution in [3.63, 3.8) is 0 Å². The summed E-state index contributed by atoms with van der Waals surface area (Å²) in [6, 6.07) is 4.10. The van der Waals surface area contributed by atoms with Crippen LogP contribution >= 0.6 is 0 Å². The van der Waals surface area contributed by atoms with E-state index in [1.807, 2.05) is 0 Å². The summed E-state index contributed by atoms with van der Waals surface area (Å²) in [5, 5.41) is 0. The van der Waals surface area contributed by atoms with E-state index < -0.39 is 11.9 Å². The highest BCUT2D eigenvalue weighted by Gasteiger charge is 2.35. The number of ether oxygens (including phenoxy) is 1. The zero-order valence-electron chi connectivity index (χ0n) is 11.8. The Kier molecular flexibility index (Phi) is 3.78. The molecule has 2 aromatic heterocycles. The number of nitrogens with zero attached hydrogens (tertiary/aromatic N) is 3. The van der Waals surface area contributed by atoms with Crippen LogP contribution in [0.4, 0.5) is 19.1 Å². The topological polar surface area (TPSA) is 51.4 Å². The van der Waals surface area contributed by atoms with Gasteiger partial charge in [-0.2, -0.15) is 13.2 Å². The second-order valence-corrected chi connectivity index (χ2v) is 4.97. The average Bonchev–Trinajstić information content (AvgIpc) is 2.93. The maximum Gasteiger partial charge on any atom is 0.433 e. The normalized spacial score (nSPS) is 19.5. The van der Waals surface area contributed by atoms with Gasteiger partial charge in [-0.15, -0.1) is 0 Å². The van der Waals surface area contributed by atoms with Crippen molar-refractivity contribution in [2.75, 3.05) is 24.7 Å². The first-order valence-electron chi connectivity index (χ1n) is 6.76. The first-order chi connectivity index (χ1) is 10.4. The molecule has 1 saturated heterocycles. The van der Waals surface area contributed by atoms with Crippen LogP contribution in [0.3, 0.4) is 0 Å². The number of aryl methyl sites for hydroxylation is 1. The summed E-state index contributed by atoms with van der Waals surface area (Å²) in [6.45, 7) is 2.91. The number of halogens is 3. The van der Waals surface area contributed by atoms with Crippen molar-refractivity contribution >= 4 is 5.95 Å². The van der Waals surface area contributed by atoms with Gasteiger partial charge >= 0.3 is 6.18 Å². The molecule has 3 rings (SSSR count). The fourth-order valence-corrected chi connectivity index (χ4v) is 2.36. The Balaban J connectivity index is 1.94. The van der Waals surface area contributed by atoms with E-state index in [2.05, 4.69) is 9.97 Å². The molecule has 0 aromatic carbocycles. The van der Waals surface area contributed by atoms with Gasteiger partial charge in [0.15, 0.2) is 0 Å². The first-order valence-corrected chi connectivity index (χ1v) is 6.76. The third-order valence-corrected chi connectivity index (χ3v) is 3.41. The van der Waals surface area contributed by atoms with Crippen LogP contribution in [0.2, 0.25) is 0 Å².